The van der Waals surface area contributed by atoms with Crippen LogP contribution in [0.1, 0.15) is 0 Å². The Labute approximate surface area is 71.8 Å². The molecule has 0 bridgehead atoms. The van der Waals surface area contributed by atoms with Gasteiger partial charge in [0.15, 0.2) is 0 Å². The molecule has 1 saturated heterocycles. The van der Waals surface area contributed by atoms with E-state index in [1.54, 1.807) is 4.90 Å². The predicted molar refractivity (Wildman–Crippen MR) is 45.2 cm³/mol. The molecule has 1 rings (SSSR count). The highest BCUT2D eigenvalue weighted by atomic mass is 32.4. The van der Waals surface area contributed by atoms with Gasteiger partial charge in [-0.25, -0.2) is 4.79 Å². The minimum absolute atomic E-state index is 0.255. The van der Waals surface area contributed by atoms with Gasteiger partial charge in [-0.1, -0.05) is 0 Å². The lowest BCUT2D eigenvalue weighted by Gasteiger charge is -2.25. The van der Waals surface area contributed by atoms with Gasteiger partial charge >= 0.3 is 6.09 Å². The summed E-state index contributed by atoms with van der Waals surface area (Å²) in [6, 6.07) is 0. The number of hydrogen-bond acceptors (Lipinski definition) is 4. The van der Waals surface area contributed by atoms with E-state index in [1.807, 2.05) is 0 Å². The normalized spacial score (nSPS) is 18.4. The molecule has 0 radical (unpaired) electrons. The summed E-state index contributed by atoms with van der Waals surface area (Å²) in [4.78, 5) is 12.6. The van der Waals surface area contributed by atoms with Gasteiger partial charge in [0.1, 0.15) is 0 Å². The van der Waals surface area contributed by atoms with Crippen LogP contribution in [0.5, 0.6) is 0 Å². The minimum Gasteiger partial charge on any atom is -0.379 e. The Morgan fingerprint density at radius 3 is 2.73 bits per heavy atom. The Bertz CT molecular complexity index is 161. The van der Waals surface area contributed by atoms with Crippen LogP contribution in [-0.2, 0) is 16.3 Å². The molecule has 0 aliphatic carbocycles. The first-order valence-electron chi connectivity index (χ1n) is 3.34. The van der Waals surface area contributed by atoms with Crippen molar-refractivity contribution in [2.75, 3.05) is 26.2 Å². The highest BCUT2D eigenvalue weighted by Crippen LogP contribution is 2.02. The van der Waals surface area contributed by atoms with Crippen LogP contribution in [0.2, 0.25) is 0 Å². The van der Waals surface area contributed by atoms with Crippen LogP contribution in [0, 0.1) is 0 Å². The Hall–Kier alpha value is -0.250. The van der Waals surface area contributed by atoms with Crippen molar-refractivity contribution in [1.29, 1.82) is 0 Å². The smallest absolute Gasteiger partial charge is 0.379 e. The molecular formula is C5H9N2O2PS. The van der Waals surface area contributed by atoms with Gasteiger partial charge in [0.2, 0.25) is 7.58 Å². The summed E-state index contributed by atoms with van der Waals surface area (Å²) in [6.45, 7) is 3.10. The maximum Gasteiger partial charge on any atom is 0.418 e. The van der Waals surface area contributed by atoms with E-state index in [0.29, 0.717) is 13.1 Å². The molecule has 4 nitrogen and oxygen atoms in total. The molecule has 1 heterocycles. The van der Waals surface area contributed by atoms with Crippen LogP contribution >= 0.6 is 7.58 Å². The fourth-order valence-corrected chi connectivity index (χ4v) is 1.31. The van der Waals surface area contributed by atoms with Crippen molar-refractivity contribution in [1.82, 2.24) is 10.2 Å². The summed E-state index contributed by atoms with van der Waals surface area (Å²) in [5.41, 5.74) is 0. The highest BCUT2D eigenvalue weighted by Gasteiger charge is 2.16. The number of carbonyl (C=O) groups excluding carboxylic acids is 1. The van der Waals surface area contributed by atoms with E-state index in [0.717, 1.165) is 13.1 Å². The van der Waals surface area contributed by atoms with Crippen molar-refractivity contribution in [3.63, 3.8) is 0 Å². The molecule has 0 aromatic heterocycles. The lowest BCUT2D eigenvalue weighted by atomic mass is 10.4. The molecule has 1 amide bonds. The first kappa shape index (κ1) is 8.84. The molecule has 6 heteroatoms. The van der Waals surface area contributed by atoms with E-state index in [4.69, 9.17) is 0 Å². The molecule has 1 aliphatic rings. The minimum atomic E-state index is -0.303. The second-order valence-corrected chi connectivity index (χ2v) is 2.95. The Morgan fingerprint density at radius 1 is 1.55 bits per heavy atom. The van der Waals surface area contributed by atoms with E-state index >= 15 is 0 Å². The standard InChI is InChI=1S/C5H9N2O2PS/c8-5(9-10-11)7-3-1-6-2-4-7/h6H,1-4H2. The maximum atomic E-state index is 11.0. The average molecular weight is 192 g/mol. The van der Waals surface area contributed by atoms with Crippen molar-refractivity contribution in [2.24, 2.45) is 0 Å². The van der Waals surface area contributed by atoms with Gasteiger partial charge in [0.25, 0.3) is 0 Å². The average Bonchev–Trinajstić information content (AvgIpc) is 2.07. The molecule has 0 spiro atoms. The second kappa shape index (κ2) is 4.59. The van der Waals surface area contributed by atoms with Gasteiger partial charge in [0, 0.05) is 26.2 Å². The van der Waals surface area contributed by atoms with Crippen LogP contribution in [0.25, 0.3) is 0 Å². The summed E-state index contributed by atoms with van der Waals surface area (Å²) in [5, 5.41) is 3.13. The van der Waals surface area contributed by atoms with Gasteiger partial charge in [0.05, 0.1) is 0 Å². The van der Waals surface area contributed by atoms with Crippen molar-refractivity contribution in [2.45, 2.75) is 0 Å². The topological polar surface area (TPSA) is 41.6 Å². The van der Waals surface area contributed by atoms with Crippen LogP contribution in [0.3, 0.4) is 0 Å². The van der Waals surface area contributed by atoms with Crippen molar-refractivity contribution in [3.8, 4) is 0 Å². The third kappa shape index (κ3) is 2.69. The van der Waals surface area contributed by atoms with E-state index in [1.165, 1.54) is 0 Å². The Morgan fingerprint density at radius 2 is 2.18 bits per heavy atom. The van der Waals surface area contributed by atoms with E-state index in [-0.39, 0.29) is 13.7 Å². The molecule has 1 fully saturated rings. The van der Waals surface area contributed by atoms with Crippen LogP contribution in [0.4, 0.5) is 4.79 Å². The lowest BCUT2D eigenvalue weighted by molar-refractivity contribution is 0.153. The van der Waals surface area contributed by atoms with E-state index in [2.05, 4.69) is 21.6 Å². The predicted octanol–water partition coefficient (Wildman–Crippen LogP) is 0.351. The fraction of sp³-hybridized carbons (Fsp3) is 0.800. The Kier molecular flexibility index (Phi) is 3.69. The third-order valence-corrected chi connectivity index (χ3v) is 1.94. The summed E-state index contributed by atoms with van der Waals surface area (Å²) in [7, 11) is 0.255. The lowest BCUT2D eigenvalue weighted by Crippen LogP contribution is -2.46. The zero-order chi connectivity index (χ0) is 8.10. The number of amides is 1. The van der Waals surface area contributed by atoms with Gasteiger partial charge < -0.3 is 14.7 Å². The van der Waals surface area contributed by atoms with Crippen molar-refractivity contribution < 1.29 is 9.32 Å². The van der Waals surface area contributed by atoms with Crippen molar-refractivity contribution >= 4 is 25.5 Å². The number of nitrogens with zero attached hydrogens (tertiary/aromatic N) is 1. The largest absolute Gasteiger partial charge is 0.418 e. The second-order valence-electron chi connectivity index (χ2n) is 2.17. The van der Waals surface area contributed by atoms with E-state index in [9.17, 15) is 4.79 Å². The molecule has 62 valence electrons. The van der Waals surface area contributed by atoms with Crippen LogP contribution < -0.4 is 5.32 Å². The number of nitrogens with one attached hydrogen (secondary N) is 1. The number of carbonyl (C=O) groups is 1. The van der Waals surface area contributed by atoms with Crippen LogP contribution in [0.15, 0.2) is 0 Å². The van der Waals surface area contributed by atoms with Crippen LogP contribution in [-0.4, -0.2) is 37.2 Å². The Balaban J connectivity index is 2.32. The summed E-state index contributed by atoms with van der Waals surface area (Å²) >= 11 is 4.48. The third-order valence-electron chi connectivity index (χ3n) is 1.49. The van der Waals surface area contributed by atoms with E-state index < -0.39 is 0 Å². The fourth-order valence-electron chi connectivity index (χ4n) is 0.937. The van der Waals surface area contributed by atoms with Gasteiger partial charge in [-0.3, -0.25) is 0 Å². The summed E-state index contributed by atoms with van der Waals surface area (Å²) in [5.74, 6) is 0. The SMILES string of the molecule is O=C(OP=S)N1CCNCC1. The van der Waals surface area contributed by atoms with Gasteiger partial charge in [-0.15, -0.1) is 0 Å². The van der Waals surface area contributed by atoms with Crippen molar-refractivity contribution in [3.05, 3.63) is 0 Å². The molecular weight excluding hydrogens is 183 g/mol. The quantitative estimate of drug-likeness (QED) is 0.609. The number of hydrogen-bond donors (Lipinski definition) is 1. The van der Waals surface area contributed by atoms with Gasteiger partial charge in [-0.05, 0) is 11.8 Å². The number of piperazine rings is 1. The first-order valence-corrected chi connectivity index (χ1v) is 5.16. The zero-order valence-corrected chi connectivity index (χ0v) is 7.66. The molecule has 0 atom stereocenters. The molecule has 0 aromatic rings. The molecule has 1 N–H and O–H groups in total. The molecule has 0 unspecified atom stereocenters. The molecule has 0 aromatic carbocycles. The maximum absolute atomic E-state index is 11.0. The summed E-state index contributed by atoms with van der Waals surface area (Å²) in [6.07, 6.45) is -0.303. The molecule has 1 aliphatic heterocycles. The summed E-state index contributed by atoms with van der Waals surface area (Å²) < 4.78 is 4.63. The first-order chi connectivity index (χ1) is 5.34. The van der Waals surface area contributed by atoms with Gasteiger partial charge in [-0.2, -0.15) is 0 Å². The highest BCUT2D eigenvalue weighted by molar-refractivity contribution is 7.94. The number of rotatable bonds is 1. The zero-order valence-electron chi connectivity index (χ0n) is 5.95. The molecule has 0 saturated carbocycles. The molecule has 11 heavy (non-hydrogen) atoms. The monoisotopic (exact) mass is 192 g/mol.